The highest BCUT2D eigenvalue weighted by molar-refractivity contribution is 8.15. The monoisotopic (exact) mass is 514 g/mol. The van der Waals surface area contributed by atoms with Gasteiger partial charge in [-0.05, 0) is 42.0 Å². The van der Waals surface area contributed by atoms with Gasteiger partial charge in [0, 0.05) is 49.2 Å². The first-order valence-corrected chi connectivity index (χ1v) is 14.3. The van der Waals surface area contributed by atoms with E-state index in [-0.39, 0.29) is 35.5 Å². The first-order chi connectivity index (χ1) is 16.9. The molecule has 2 aromatic carbocycles. The van der Waals surface area contributed by atoms with Crippen LogP contribution in [0.5, 0.6) is 11.5 Å². The van der Waals surface area contributed by atoms with Gasteiger partial charge in [-0.3, -0.25) is 14.7 Å². The SMILES string of the molecule is O=C(c1ccc(NC2=N[C@H]3CS(=O)(=O)C[C@H]3S2)cc1)N1CCN(Cc2ccc3c(c2)OCO3)CC1. The molecule has 0 radical (unpaired) electrons. The second kappa shape index (κ2) is 9.03. The van der Waals surface area contributed by atoms with Crippen molar-refractivity contribution < 1.29 is 22.7 Å². The van der Waals surface area contributed by atoms with E-state index in [0.29, 0.717) is 18.7 Å². The van der Waals surface area contributed by atoms with Crippen LogP contribution in [0.25, 0.3) is 0 Å². The van der Waals surface area contributed by atoms with Gasteiger partial charge < -0.3 is 19.7 Å². The molecule has 0 spiro atoms. The number of hydrogen-bond donors (Lipinski definition) is 1. The third-order valence-electron chi connectivity index (χ3n) is 6.70. The molecule has 2 saturated heterocycles. The first kappa shape index (κ1) is 22.7. The number of carbonyl (C=O) groups excluding carboxylic acids is 1. The van der Waals surface area contributed by atoms with Crippen LogP contribution in [-0.2, 0) is 16.4 Å². The predicted octanol–water partition coefficient (Wildman–Crippen LogP) is 2.05. The maximum atomic E-state index is 13.0. The van der Waals surface area contributed by atoms with E-state index in [1.165, 1.54) is 17.3 Å². The summed E-state index contributed by atoms with van der Waals surface area (Å²) >= 11 is 1.48. The molecule has 0 bridgehead atoms. The summed E-state index contributed by atoms with van der Waals surface area (Å²) in [5.41, 5.74) is 2.67. The van der Waals surface area contributed by atoms with Crippen molar-refractivity contribution in [3.05, 3.63) is 53.6 Å². The average molecular weight is 515 g/mol. The van der Waals surface area contributed by atoms with Gasteiger partial charge in [-0.15, -0.1) is 0 Å². The summed E-state index contributed by atoms with van der Waals surface area (Å²) in [6, 6.07) is 13.3. The van der Waals surface area contributed by atoms with Gasteiger partial charge in [0.25, 0.3) is 5.91 Å². The summed E-state index contributed by atoms with van der Waals surface area (Å²) < 4.78 is 34.3. The number of hydrogen-bond acceptors (Lipinski definition) is 9. The molecule has 0 unspecified atom stereocenters. The highest BCUT2D eigenvalue weighted by Crippen LogP contribution is 2.35. The number of amidine groups is 1. The number of piperazine rings is 1. The van der Waals surface area contributed by atoms with Gasteiger partial charge in [0.05, 0.1) is 17.5 Å². The minimum atomic E-state index is -2.96. The molecular weight excluding hydrogens is 488 g/mol. The van der Waals surface area contributed by atoms with E-state index in [1.807, 2.05) is 41.3 Å². The molecule has 11 heteroatoms. The molecular formula is C24H26N4O5S2. The molecule has 0 saturated carbocycles. The first-order valence-electron chi connectivity index (χ1n) is 11.6. The lowest BCUT2D eigenvalue weighted by atomic mass is 10.1. The molecule has 4 aliphatic heterocycles. The van der Waals surface area contributed by atoms with Crippen LogP contribution in [0.3, 0.4) is 0 Å². The highest BCUT2D eigenvalue weighted by Gasteiger charge is 2.42. The molecule has 6 rings (SSSR count). The number of thioether (sulfide) groups is 1. The molecule has 2 atom stereocenters. The number of sulfone groups is 1. The van der Waals surface area contributed by atoms with Gasteiger partial charge in [0.2, 0.25) is 6.79 Å². The summed E-state index contributed by atoms with van der Waals surface area (Å²) in [6.45, 7) is 4.08. The van der Waals surface area contributed by atoms with E-state index < -0.39 is 9.84 Å². The molecule has 2 aromatic rings. The number of benzene rings is 2. The lowest BCUT2D eigenvalue weighted by Crippen LogP contribution is -2.48. The van der Waals surface area contributed by atoms with E-state index >= 15 is 0 Å². The lowest BCUT2D eigenvalue weighted by Gasteiger charge is -2.34. The Balaban J connectivity index is 1.01. The van der Waals surface area contributed by atoms with Crippen LogP contribution in [-0.4, -0.2) is 85.1 Å². The van der Waals surface area contributed by atoms with Crippen LogP contribution < -0.4 is 14.8 Å². The minimum Gasteiger partial charge on any atom is -0.454 e. The van der Waals surface area contributed by atoms with Crippen LogP contribution in [0, 0.1) is 0 Å². The number of nitrogens with zero attached hydrogens (tertiary/aromatic N) is 3. The Kier molecular flexibility index (Phi) is 5.85. The zero-order valence-electron chi connectivity index (χ0n) is 19.1. The number of nitrogens with one attached hydrogen (secondary N) is 1. The topological polar surface area (TPSA) is 101 Å². The molecule has 184 valence electrons. The maximum absolute atomic E-state index is 13.0. The van der Waals surface area contributed by atoms with Gasteiger partial charge in [0.15, 0.2) is 26.5 Å². The summed E-state index contributed by atoms with van der Waals surface area (Å²) in [5.74, 6) is 1.94. The van der Waals surface area contributed by atoms with Crippen molar-refractivity contribution in [3.63, 3.8) is 0 Å². The standard InChI is InChI=1S/C24H26N4O5S2/c29-23(28-9-7-27(8-10-28)12-16-1-6-20-21(11-16)33-15-32-20)17-2-4-18(5-3-17)25-24-26-19-13-35(30,31)14-22(19)34-24/h1-6,11,19,22H,7-10,12-15H2,(H,25,26)/t19-,22+/m0/s1. The minimum absolute atomic E-state index is 0.00654. The van der Waals surface area contributed by atoms with Crippen molar-refractivity contribution >= 4 is 38.4 Å². The molecule has 35 heavy (non-hydrogen) atoms. The zero-order chi connectivity index (χ0) is 24.0. The van der Waals surface area contributed by atoms with Crippen molar-refractivity contribution in [1.29, 1.82) is 0 Å². The largest absolute Gasteiger partial charge is 0.454 e. The Morgan fingerprint density at radius 2 is 1.80 bits per heavy atom. The maximum Gasteiger partial charge on any atom is 0.253 e. The molecule has 2 fully saturated rings. The third kappa shape index (κ3) is 4.85. The van der Waals surface area contributed by atoms with Gasteiger partial charge in [-0.25, -0.2) is 8.42 Å². The fourth-order valence-corrected chi connectivity index (χ4v) is 8.50. The second-order valence-electron chi connectivity index (χ2n) is 9.19. The van der Waals surface area contributed by atoms with E-state index in [1.54, 1.807) is 0 Å². The molecule has 9 nitrogen and oxygen atoms in total. The van der Waals surface area contributed by atoms with Crippen molar-refractivity contribution in [2.24, 2.45) is 4.99 Å². The van der Waals surface area contributed by atoms with Crippen LogP contribution in [0.1, 0.15) is 15.9 Å². The number of anilines is 1. The molecule has 4 aliphatic rings. The quantitative estimate of drug-likeness (QED) is 0.662. The van der Waals surface area contributed by atoms with Crippen LogP contribution in [0.2, 0.25) is 0 Å². The summed E-state index contributed by atoms with van der Waals surface area (Å²) in [5, 5.41) is 4.01. The fraction of sp³-hybridized carbons (Fsp3) is 0.417. The Morgan fingerprint density at radius 3 is 2.57 bits per heavy atom. The summed E-state index contributed by atoms with van der Waals surface area (Å²) in [7, 11) is -2.96. The molecule has 1 N–H and O–H groups in total. The van der Waals surface area contributed by atoms with Gasteiger partial charge in [-0.1, -0.05) is 17.8 Å². The Hall–Kier alpha value is -2.76. The lowest BCUT2D eigenvalue weighted by molar-refractivity contribution is 0.0628. The number of fused-ring (bicyclic) bond motifs is 2. The second-order valence-corrected chi connectivity index (χ2v) is 12.6. The van der Waals surface area contributed by atoms with E-state index in [2.05, 4.69) is 21.3 Å². The Morgan fingerprint density at radius 1 is 1.03 bits per heavy atom. The normalized spacial score (nSPS) is 24.8. The van der Waals surface area contributed by atoms with Crippen molar-refractivity contribution in [2.45, 2.75) is 17.8 Å². The smallest absolute Gasteiger partial charge is 0.253 e. The predicted molar refractivity (Wildman–Crippen MR) is 135 cm³/mol. The third-order valence-corrected chi connectivity index (χ3v) is 9.85. The highest BCUT2D eigenvalue weighted by atomic mass is 32.2. The van der Waals surface area contributed by atoms with Gasteiger partial charge in [-0.2, -0.15) is 0 Å². The van der Waals surface area contributed by atoms with E-state index in [0.717, 1.165) is 42.0 Å². The Labute approximate surface area is 208 Å². The number of rotatable bonds is 4. The van der Waals surface area contributed by atoms with Gasteiger partial charge >= 0.3 is 0 Å². The van der Waals surface area contributed by atoms with Gasteiger partial charge in [0.1, 0.15) is 0 Å². The molecule has 1 amide bonds. The van der Waals surface area contributed by atoms with Crippen molar-refractivity contribution in [1.82, 2.24) is 9.80 Å². The average Bonchev–Trinajstić information content (AvgIpc) is 3.52. The number of carbonyl (C=O) groups is 1. The molecule has 4 heterocycles. The summed E-state index contributed by atoms with van der Waals surface area (Å²) in [6.07, 6.45) is 0. The number of amides is 1. The van der Waals surface area contributed by atoms with Crippen molar-refractivity contribution in [3.8, 4) is 11.5 Å². The summed E-state index contributed by atoms with van der Waals surface area (Å²) in [4.78, 5) is 21.8. The van der Waals surface area contributed by atoms with E-state index in [9.17, 15) is 13.2 Å². The van der Waals surface area contributed by atoms with Crippen LogP contribution in [0.15, 0.2) is 47.5 Å². The molecule has 0 aromatic heterocycles. The van der Waals surface area contributed by atoms with Crippen LogP contribution in [0.4, 0.5) is 5.69 Å². The zero-order valence-corrected chi connectivity index (χ0v) is 20.7. The fourth-order valence-electron chi connectivity index (χ4n) is 4.82. The number of aliphatic imine (C=N–C) groups is 1. The Bertz CT molecular complexity index is 1270. The molecule has 0 aliphatic carbocycles. The van der Waals surface area contributed by atoms with Crippen LogP contribution >= 0.6 is 11.8 Å². The van der Waals surface area contributed by atoms with E-state index in [4.69, 9.17) is 9.47 Å². The number of ether oxygens (including phenoxy) is 2. The van der Waals surface area contributed by atoms with Crippen molar-refractivity contribution in [2.75, 3.05) is 49.8 Å².